The van der Waals surface area contributed by atoms with E-state index in [-0.39, 0.29) is 11.7 Å². The van der Waals surface area contributed by atoms with Crippen LogP contribution in [0.4, 0.5) is 4.39 Å². The maximum Gasteiger partial charge on any atom is 0.234 e. The van der Waals surface area contributed by atoms with Crippen LogP contribution in [-0.4, -0.2) is 30.9 Å². The van der Waals surface area contributed by atoms with Gasteiger partial charge < -0.3 is 5.32 Å². The minimum atomic E-state index is -0.205. The van der Waals surface area contributed by atoms with Gasteiger partial charge in [0, 0.05) is 18.7 Å². The first-order chi connectivity index (χ1) is 12.0. The minimum Gasteiger partial charge on any atom is -0.354 e. The Labute approximate surface area is 150 Å². The lowest BCUT2D eigenvalue weighted by molar-refractivity contribution is -0.124. The van der Waals surface area contributed by atoms with E-state index in [0.29, 0.717) is 24.1 Å². The zero-order chi connectivity index (χ0) is 17.4. The Morgan fingerprint density at radius 3 is 2.36 bits per heavy atom. The number of hydrogen-bond acceptors (Lipinski definition) is 2. The molecule has 25 heavy (non-hydrogen) atoms. The van der Waals surface area contributed by atoms with Gasteiger partial charge in [-0.3, -0.25) is 9.69 Å². The SMILES string of the molecule is CN(CC(=O)NCC12CC3CC(CC(C3)C1)C2)Cc1ccccc1F. The maximum atomic E-state index is 13.7. The van der Waals surface area contributed by atoms with Gasteiger partial charge in [0.2, 0.25) is 5.91 Å². The monoisotopic (exact) mass is 344 g/mol. The number of carbonyl (C=O) groups is 1. The molecule has 3 nitrogen and oxygen atoms in total. The quantitative estimate of drug-likeness (QED) is 0.855. The summed E-state index contributed by atoms with van der Waals surface area (Å²) in [6.45, 7) is 1.61. The number of nitrogens with one attached hydrogen (secondary N) is 1. The number of hydrogen-bond donors (Lipinski definition) is 1. The van der Waals surface area contributed by atoms with Gasteiger partial charge in [-0.2, -0.15) is 0 Å². The van der Waals surface area contributed by atoms with Crippen molar-refractivity contribution in [3.8, 4) is 0 Å². The van der Waals surface area contributed by atoms with Crippen LogP contribution in [0.15, 0.2) is 24.3 Å². The molecule has 4 fully saturated rings. The van der Waals surface area contributed by atoms with E-state index >= 15 is 0 Å². The predicted molar refractivity (Wildman–Crippen MR) is 96.3 cm³/mol. The minimum absolute atomic E-state index is 0.0644. The molecule has 0 saturated heterocycles. The van der Waals surface area contributed by atoms with E-state index in [2.05, 4.69) is 5.32 Å². The smallest absolute Gasteiger partial charge is 0.234 e. The van der Waals surface area contributed by atoms with Crippen LogP contribution in [0.3, 0.4) is 0 Å². The molecule has 4 heteroatoms. The first-order valence-corrected chi connectivity index (χ1v) is 9.70. The van der Waals surface area contributed by atoms with Gasteiger partial charge in [-0.05, 0) is 74.8 Å². The summed E-state index contributed by atoms with van der Waals surface area (Å²) in [6.07, 6.45) is 8.22. The maximum absolute atomic E-state index is 13.7. The second-order valence-corrected chi connectivity index (χ2v) is 8.96. The highest BCUT2D eigenvalue weighted by Gasteiger charge is 2.50. The lowest BCUT2D eigenvalue weighted by Crippen LogP contribution is -2.51. The summed E-state index contributed by atoms with van der Waals surface area (Å²) >= 11 is 0. The molecule has 4 bridgehead atoms. The summed E-state index contributed by atoms with van der Waals surface area (Å²) in [7, 11) is 1.87. The molecule has 0 heterocycles. The average molecular weight is 344 g/mol. The van der Waals surface area contributed by atoms with Gasteiger partial charge in [-0.25, -0.2) is 4.39 Å². The first kappa shape index (κ1) is 17.0. The summed E-state index contributed by atoms with van der Waals surface area (Å²) in [4.78, 5) is 14.3. The third kappa shape index (κ3) is 3.74. The van der Waals surface area contributed by atoms with Gasteiger partial charge in [0.15, 0.2) is 0 Å². The van der Waals surface area contributed by atoms with Crippen molar-refractivity contribution in [2.75, 3.05) is 20.1 Å². The molecule has 0 unspecified atom stereocenters. The molecule has 0 spiro atoms. The van der Waals surface area contributed by atoms with E-state index in [4.69, 9.17) is 0 Å². The zero-order valence-electron chi connectivity index (χ0n) is 15.1. The molecular formula is C21H29FN2O. The molecule has 1 amide bonds. The van der Waals surface area contributed by atoms with E-state index in [1.807, 2.05) is 18.0 Å². The molecule has 4 aliphatic rings. The van der Waals surface area contributed by atoms with Gasteiger partial charge in [-0.15, -0.1) is 0 Å². The molecule has 0 radical (unpaired) electrons. The summed E-state index contributed by atoms with van der Waals surface area (Å²) < 4.78 is 13.7. The van der Waals surface area contributed by atoms with Crippen LogP contribution < -0.4 is 5.32 Å². The number of carbonyl (C=O) groups excluding carboxylic acids is 1. The van der Waals surface area contributed by atoms with Crippen molar-refractivity contribution in [2.24, 2.45) is 23.2 Å². The van der Waals surface area contributed by atoms with Crippen molar-refractivity contribution in [1.82, 2.24) is 10.2 Å². The highest BCUT2D eigenvalue weighted by molar-refractivity contribution is 5.78. The number of halogens is 1. The molecule has 136 valence electrons. The fraction of sp³-hybridized carbons (Fsp3) is 0.667. The lowest BCUT2D eigenvalue weighted by atomic mass is 9.49. The Kier molecular flexibility index (Phi) is 4.57. The molecule has 0 aliphatic heterocycles. The van der Waals surface area contributed by atoms with Gasteiger partial charge in [-0.1, -0.05) is 18.2 Å². The van der Waals surface area contributed by atoms with Crippen LogP contribution in [0.2, 0.25) is 0 Å². The lowest BCUT2D eigenvalue weighted by Gasteiger charge is -2.56. The van der Waals surface area contributed by atoms with E-state index in [1.165, 1.54) is 44.6 Å². The van der Waals surface area contributed by atoms with Gasteiger partial charge >= 0.3 is 0 Å². The van der Waals surface area contributed by atoms with Crippen LogP contribution >= 0.6 is 0 Å². The highest BCUT2D eigenvalue weighted by Crippen LogP contribution is 2.59. The Hall–Kier alpha value is -1.42. The predicted octanol–water partition coefficient (Wildman–Crippen LogP) is 3.59. The summed E-state index contributed by atoms with van der Waals surface area (Å²) in [5, 5.41) is 3.20. The summed E-state index contributed by atoms with van der Waals surface area (Å²) in [5.74, 6) is 2.59. The molecule has 1 N–H and O–H groups in total. The second-order valence-electron chi connectivity index (χ2n) is 8.96. The molecule has 0 atom stereocenters. The standard InChI is InChI=1S/C21H29FN2O/c1-24(12-18-4-2-3-5-19(18)22)13-20(25)23-14-21-9-15-6-16(10-21)8-17(7-15)11-21/h2-5,15-17H,6-14H2,1H3,(H,23,25). The number of benzene rings is 1. The van der Waals surface area contributed by atoms with Crippen molar-refractivity contribution in [3.05, 3.63) is 35.6 Å². The summed E-state index contributed by atoms with van der Waals surface area (Å²) in [6, 6.07) is 6.77. The van der Waals surface area contributed by atoms with Crippen LogP contribution in [0.25, 0.3) is 0 Å². The first-order valence-electron chi connectivity index (χ1n) is 9.70. The average Bonchev–Trinajstić information content (AvgIpc) is 2.54. The number of nitrogens with zero attached hydrogens (tertiary/aromatic N) is 1. The van der Waals surface area contributed by atoms with Crippen LogP contribution in [-0.2, 0) is 11.3 Å². The Morgan fingerprint density at radius 1 is 1.16 bits per heavy atom. The molecule has 0 aromatic heterocycles. The van der Waals surface area contributed by atoms with E-state index in [0.717, 1.165) is 24.3 Å². The van der Waals surface area contributed by atoms with Gasteiger partial charge in [0.1, 0.15) is 5.82 Å². The topological polar surface area (TPSA) is 32.3 Å². The van der Waals surface area contributed by atoms with Crippen molar-refractivity contribution in [2.45, 2.75) is 45.1 Å². The normalized spacial score (nSPS) is 33.0. The van der Waals surface area contributed by atoms with E-state index in [1.54, 1.807) is 12.1 Å². The fourth-order valence-corrected chi connectivity index (χ4v) is 6.07. The van der Waals surface area contributed by atoms with E-state index < -0.39 is 0 Å². The molecule has 5 rings (SSSR count). The van der Waals surface area contributed by atoms with Crippen LogP contribution in [0, 0.1) is 29.0 Å². The largest absolute Gasteiger partial charge is 0.354 e. The zero-order valence-corrected chi connectivity index (χ0v) is 15.1. The Morgan fingerprint density at radius 2 is 1.76 bits per heavy atom. The molecular weight excluding hydrogens is 315 g/mol. The van der Waals surface area contributed by atoms with E-state index in [9.17, 15) is 9.18 Å². The van der Waals surface area contributed by atoms with Gasteiger partial charge in [0.05, 0.1) is 6.54 Å². The van der Waals surface area contributed by atoms with Crippen molar-refractivity contribution < 1.29 is 9.18 Å². The van der Waals surface area contributed by atoms with Crippen molar-refractivity contribution in [1.29, 1.82) is 0 Å². The summed E-state index contributed by atoms with van der Waals surface area (Å²) in [5.41, 5.74) is 1.01. The third-order valence-corrected chi connectivity index (χ3v) is 6.64. The van der Waals surface area contributed by atoms with Gasteiger partial charge in [0.25, 0.3) is 0 Å². The van der Waals surface area contributed by atoms with Crippen LogP contribution in [0.5, 0.6) is 0 Å². The third-order valence-electron chi connectivity index (χ3n) is 6.64. The second kappa shape index (κ2) is 6.71. The highest BCUT2D eigenvalue weighted by atomic mass is 19.1. The molecule has 4 saturated carbocycles. The number of likely N-dealkylation sites (N-methyl/N-ethyl adjacent to an activating group) is 1. The molecule has 1 aromatic carbocycles. The number of amides is 1. The number of rotatable bonds is 6. The fourth-order valence-electron chi connectivity index (χ4n) is 6.07. The Balaban J connectivity index is 1.27. The molecule has 1 aromatic rings. The molecule has 4 aliphatic carbocycles. The van der Waals surface area contributed by atoms with Crippen molar-refractivity contribution >= 4 is 5.91 Å². The van der Waals surface area contributed by atoms with Crippen LogP contribution in [0.1, 0.15) is 44.1 Å². The Bertz CT molecular complexity index is 609. The van der Waals surface area contributed by atoms with Crippen molar-refractivity contribution in [3.63, 3.8) is 0 Å².